The second kappa shape index (κ2) is 8.24. The third-order valence-corrected chi connectivity index (χ3v) is 8.01. The minimum absolute atomic E-state index is 0.106. The van der Waals surface area contributed by atoms with Crippen molar-refractivity contribution in [1.82, 2.24) is 9.21 Å². The molecule has 2 aromatic rings. The van der Waals surface area contributed by atoms with Crippen LogP contribution in [0.4, 0.5) is 10.5 Å². The predicted molar refractivity (Wildman–Crippen MR) is 119 cm³/mol. The molecule has 7 heteroatoms. The molecule has 0 aromatic heterocycles. The molecule has 6 nitrogen and oxygen atoms in total. The molecule has 0 atom stereocenters. The fraction of sp³-hybridized carbons (Fsp3) is 0.348. The van der Waals surface area contributed by atoms with Gasteiger partial charge in [0, 0.05) is 31.9 Å². The van der Waals surface area contributed by atoms with Crippen molar-refractivity contribution in [2.45, 2.75) is 38.6 Å². The van der Waals surface area contributed by atoms with E-state index in [0.29, 0.717) is 32.6 Å². The first-order valence-corrected chi connectivity index (χ1v) is 11.8. The van der Waals surface area contributed by atoms with Gasteiger partial charge >= 0.3 is 6.03 Å². The van der Waals surface area contributed by atoms with Crippen LogP contribution in [0, 0.1) is 0 Å². The monoisotopic (exact) mass is 425 g/mol. The van der Waals surface area contributed by atoms with Crippen LogP contribution in [0.1, 0.15) is 37.0 Å². The van der Waals surface area contributed by atoms with E-state index in [4.69, 9.17) is 0 Å². The number of carbonyl (C=O) groups is 1. The van der Waals surface area contributed by atoms with Crippen molar-refractivity contribution in [2.24, 2.45) is 0 Å². The molecule has 0 radical (unpaired) electrons. The quantitative estimate of drug-likeness (QED) is 0.803. The number of hydrogen-bond donors (Lipinski definition) is 1. The summed E-state index contributed by atoms with van der Waals surface area (Å²) in [5, 5.41) is 2.56. The van der Waals surface area contributed by atoms with Gasteiger partial charge in [0.05, 0.1) is 5.25 Å². The molecule has 1 N–H and O–H groups in total. The van der Waals surface area contributed by atoms with Gasteiger partial charge in [0.15, 0.2) is 0 Å². The lowest BCUT2D eigenvalue weighted by Gasteiger charge is -2.27. The second-order valence-electron chi connectivity index (χ2n) is 8.06. The molecule has 0 fully saturated rings. The van der Waals surface area contributed by atoms with Gasteiger partial charge in [0.25, 0.3) is 0 Å². The number of benzene rings is 2. The van der Waals surface area contributed by atoms with Crippen LogP contribution < -0.4 is 5.32 Å². The van der Waals surface area contributed by atoms with Crippen LogP contribution in [-0.4, -0.2) is 42.0 Å². The minimum atomic E-state index is -3.22. The molecule has 0 aliphatic carbocycles. The molecular formula is C23H27N3O3S. The first kappa shape index (κ1) is 20.6. The Kier molecular flexibility index (Phi) is 5.66. The van der Waals surface area contributed by atoms with Crippen molar-refractivity contribution in [3.8, 4) is 0 Å². The maximum Gasteiger partial charge on any atom is 0.322 e. The topological polar surface area (TPSA) is 69.7 Å². The summed E-state index contributed by atoms with van der Waals surface area (Å²) >= 11 is 0. The lowest BCUT2D eigenvalue weighted by Crippen LogP contribution is -2.39. The highest BCUT2D eigenvalue weighted by Gasteiger charge is 2.27. The number of fused-ring (bicyclic) bond motifs is 1. The van der Waals surface area contributed by atoms with E-state index in [1.807, 2.05) is 42.5 Å². The van der Waals surface area contributed by atoms with Gasteiger partial charge in [-0.05, 0) is 54.7 Å². The van der Waals surface area contributed by atoms with Crippen LogP contribution >= 0.6 is 0 Å². The van der Waals surface area contributed by atoms with E-state index in [-0.39, 0.29) is 6.03 Å². The Morgan fingerprint density at radius 3 is 2.17 bits per heavy atom. The SMILES string of the molecule is CC(C)S(=O)(=O)N1CC=C(c2ccc(NC(=O)N3Cc4ccccc4C3)cc2)CC1. The molecule has 0 saturated heterocycles. The molecule has 0 saturated carbocycles. The molecule has 0 bridgehead atoms. The van der Waals surface area contributed by atoms with Gasteiger partial charge in [-0.3, -0.25) is 0 Å². The summed E-state index contributed by atoms with van der Waals surface area (Å²) < 4.78 is 26.2. The van der Waals surface area contributed by atoms with Crippen molar-refractivity contribution < 1.29 is 13.2 Å². The third kappa shape index (κ3) is 4.13. The van der Waals surface area contributed by atoms with E-state index < -0.39 is 15.3 Å². The number of urea groups is 1. The Hall–Kier alpha value is -2.64. The molecular weight excluding hydrogens is 398 g/mol. The van der Waals surface area contributed by atoms with Crippen LogP contribution in [0.25, 0.3) is 5.57 Å². The summed E-state index contributed by atoms with van der Waals surface area (Å²) in [4.78, 5) is 14.4. The van der Waals surface area contributed by atoms with Gasteiger partial charge in [-0.15, -0.1) is 0 Å². The van der Waals surface area contributed by atoms with Gasteiger partial charge in [0.1, 0.15) is 0 Å². The Labute approximate surface area is 178 Å². The predicted octanol–water partition coefficient (Wildman–Crippen LogP) is 4.06. The first-order valence-electron chi connectivity index (χ1n) is 10.3. The second-order valence-corrected chi connectivity index (χ2v) is 10.6. The molecule has 2 aliphatic rings. The fourth-order valence-electron chi connectivity index (χ4n) is 3.89. The summed E-state index contributed by atoms with van der Waals surface area (Å²) in [7, 11) is -3.22. The average molecular weight is 426 g/mol. The fourth-order valence-corrected chi connectivity index (χ4v) is 5.11. The smallest absolute Gasteiger partial charge is 0.316 e. The summed E-state index contributed by atoms with van der Waals surface area (Å²) in [5.74, 6) is 0. The van der Waals surface area contributed by atoms with Gasteiger partial charge in [-0.1, -0.05) is 42.5 Å². The van der Waals surface area contributed by atoms with Crippen LogP contribution in [0.3, 0.4) is 0 Å². The van der Waals surface area contributed by atoms with Crippen molar-refractivity contribution in [3.63, 3.8) is 0 Å². The average Bonchev–Trinajstić information content (AvgIpc) is 3.19. The molecule has 2 amide bonds. The Bertz CT molecular complexity index is 1050. The number of amides is 2. The number of nitrogens with one attached hydrogen (secondary N) is 1. The number of sulfonamides is 1. The number of anilines is 1. The molecule has 30 heavy (non-hydrogen) atoms. The lowest BCUT2D eigenvalue weighted by molar-refractivity contribution is 0.212. The minimum Gasteiger partial charge on any atom is -0.316 e. The number of carbonyl (C=O) groups excluding carboxylic acids is 1. The van der Waals surface area contributed by atoms with Gasteiger partial charge in [0.2, 0.25) is 10.0 Å². The summed E-state index contributed by atoms with van der Waals surface area (Å²) in [6.07, 6.45) is 2.67. The van der Waals surface area contributed by atoms with Gasteiger partial charge in [-0.2, -0.15) is 4.31 Å². The Morgan fingerprint density at radius 2 is 1.63 bits per heavy atom. The maximum absolute atomic E-state index is 12.6. The highest BCUT2D eigenvalue weighted by Crippen LogP contribution is 2.27. The maximum atomic E-state index is 12.6. The van der Waals surface area contributed by atoms with Crippen LogP contribution in [0.15, 0.2) is 54.6 Å². The standard InChI is InChI=1S/C23H27N3O3S/c1-17(2)30(28,29)26-13-11-19(12-14-26)18-7-9-22(10-8-18)24-23(27)25-15-20-5-3-4-6-21(20)16-25/h3-11,17H,12-16H2,1-2H3,(H,24,27). The molecule has 0 unspecified atom stereocenters. The summed E-state index contributed by atoms with van der Waals surface area (Å²) in [6, 6.07) is 15.8. The molecule has 2 aromatic carbocycles. The van der Waals surface area contributed by atoms with Gasteiger partial charge in [-0.25, -0.2) is 13.2 Å². The zero-order valence-corrected chi connectivity index (χ0v) is 18.2. The van der Waals surface area contributed by atoms with Crippen molar-refractivity contribution in [2.75, 3.05) is 18.4 Å². The molecule has 2 aliphatic heterocycles. The number of hydrogen-bond acceptors (Lipinski definition) is 3. The Balaban J connectivity index is 1.37. The van der Waals surface area contributed by atoms with Crippen molar-refractivity contribution in [3.05, 3.63) is 71.3 Å². The molecule has 158 valence electrons. The van der Waals surface area contributed by atoms with Gasteiger partial charge < -0.3 is 10.2 Å². The molecule has 4 rings (SSSR count). The normalized spacial score (nSPS) is 17.0. The van der Waals surface area contributed by atoms with Crippen LogP contribution in [0.5, 0.6) is 0 Å². The van der Waals surface area contributed by atoms with E-state index in [2.05, 4.69) is 17.4 Å². The van der Waals surface area contributed by atoms with E-state index in [1.54, 1.807) is 23.1 Å². The Morgan fingerprint density at radius 1 is 1.00 bits per heavy atom. The third-order valence-electron chi connectivity index (χ3n) is 5.76. The van der Waals surface area contributed by atoms with E-state index in [0.717, 1.165) is 16.8 Å². The lowest BCUT2D eigenvalue weighted by atomic mass is 10.0. The highest BCUT2D eigenvalue weighted by atomic mass is 32.2. The van der Waals surface area contributed by atoms with E-state index >= 15 is 0 Å². The zero-order chi connectivity index (χ0) is 21.3. The molecule has 2 heterocycles. The van der Waals surface area contributed by atoms with Crippen molar-refractivity contribution in [1.29, 1.82) is 0 Å². The van der Waals surface area contributed by atoms with Crippen LogP contribution in [-0.2, 0) is 23.1 Å². The summed E-state index contributed by atoms with van der Waals surface area (Å²) in [5.41, 5.74) is 5.34. The first-order chi connectivity index (χ1) is 14.3. The van der Waals surface area contributed by atoms with E-state index in [9.17, 15) is 13.2 Å². The van der Waals surface area contributed by atoms with Crippen LogP contribution in [0.2, 0.25) is 0 Å². The molecule has 0 spiro atoms. The van der Waals surface area contributed by atoms with E-state index in [1.165, 1.54) is 11.1 Å². The summed E-state index contributed by atoms with van der Waals surface area (Å²) in [6.45, 7) is 5.58. The number of nitrogens with zero attached hydrogens (tertiary/aromatic N) is 2. The highest BCUT2D eigenvalue weighted by molar-refractivity contribution is 7.89. The van der Waals surface area contributed by atoms with Crippen molar-refractivity contribution >= 4 is 27.3 Å². The number of rotatable bonds is 4. The largest absolute Gasteiger partial charge is 0.322 e. The zero-order valence-electron chi connectivity index (χ0n) is 17.3.